The molecule has 1 amide bonds. The largest absolute Gasteiger partial charge is 0.508 e. The van der Waals surface area contributed by atoms with Crippen LogP contribution in [-0.2, 0) is 15.7 Å². The summed E-state index contributed by atoms with van der Waals surface area (Å²) in [6, 6.07) is 10.5. The number of alkyl halides is 3. The molecule has 0 saturated carbocycles. The van der Waals surface area contributed by atoms with E-state index in [-0.39, 0.29) is 22.7 Å². The Labute approximate surface area is 199 Å². The van der Waals surface area contributed by atoms with Gasteiger partial charge in [0.15, 0.2) is 5.11 Å². The third-order valence-electron chi connectivity index (χ3n) is 5.37. The molecule has 2 aliphatic heterocycles. The van der Waals surface area contributed by atoms with E-state index in [2.05, 4.69) is 0 Å². The first-order valence-corrected chi connectivity index (χ1v) is 10.6. The van der Waals surface area contributed by atoms with Crippen molar-refractivity contribution in [2.24, 2.45) is 0 Å². The van der Waals surface area contributed by atoms with Crippen molar-refractivity contribution in [2.75, 3.05) is 23.0 Å². The van der Waals surface area contributed by atoms with Crippen molar-refractivity contribution in [3.63, 3.8) is 0 Å². The summed E-state index contributed by atoms with van der Waals surface area (Å²) in [6.45, 7) is 4.48. The Balaban J connectivity index is 0.000000469. The van der Waals surface area contributed by atoms with Crippen molar-refractivity contribution in [2.45, 2.75) is 38.1 Å². The minimum absolute atomic E-state index is 0.00137. The van der Waals surface area contributed by atoms with Crippen LogP contribution in [-0.4, -0.2) is 46.1 Å². The van der Waals surface area contributed by atoms with Gasteiger partial charge in [-0.05, 0) is 75.0 Å². The monoisotopic (exact) mass is 493 g/mol. The molecule has 1 unspecified atom stereocenters. The predicted octanol–water partition coefficient (Wildman–Crippen LogP) is 3.97. The van der Waals surface area contributed by atoms with Crippen molar-refractivity contribution in [1.82, 2.24) is 0 Å². The molecule has 2 saturated heterocycles. The van der Waals surface area contributed by atoms with Gasteiger partial charge in [0, 0.05) is 12.3 Å². The van der Waals surface area contributed by atoms with Crippen LogP contribution in [0.25, 0.3) is 0 Å². The van der Waals surface area contributed by atoms with E-state index < -0.39 is 28.7 Å². The topological polar surface area (TPSA) is 97.0 Å². The van der Waals surface area contributed by atoms with Gasteiger partial charge < -0.3 is 19.8 Å². The minimum Gasteiger partial charge on any atom is -0.508 e. The summed E-state index contributed by atoms with van der Waals surface area (Å²) >= 11 is 5.40. The number of aromatic hydroxyl groups is 1. The highest BCUT2D eigenvalue weighted by Crippen LogP contribution is 2.39. The summed E-state index contributed by atoms with van der Waals surface area (Å²) < 4.78 is 44.7. The molecule has 180 valence electrons. The number of halogens is 3. The van der Waals surface area contributed by atoms with Crippen LogP contribution in [0.15, 0.2) is 42.5 Å². The Kier molecular flexibility index (Phi) is 7.16. The second kappa shape index (κ2) is 9.58. The van der Waals surface area contributed by atoms with E-state index in [0.29, 0.717) is 12.3 Å². The van der Waals surface area contributed by atoms with E-state index in [1.807, 2.05) is 0 Å². The fraction of sp³-hybridized carbons (Fsp3) is 0.348. The molecular weight excluding hydrogens is 471 g/mol. The number of phenolic OH excluding ortho intramolecular Hbond substituents is 1. The van der Waals surface area contributed by atoms with Crippen LogP contribution in [0.5, 0.6) is 5.75 Å². The Morgan fingerprint density at radius 1 is 1.18 bits per heavy atom. The number of benzene rings is 2. The van der Waals surface area contributed by atoms with Gasteiger partial charge in [-0.25, -0.2) is 0 Å². The molecule has 0 aromatic heterocycles. The van der Waals surface area contributed by atoms with Crippen LogP contribution in [0.1, 0.15) is 31.4 Å². The standard InChI is InChI=1S/C19H14F3N3O2S.C4H8O2/c1-18(2)16(27)24(17(28)25(18)12-5-7-14(26)8-6-12)13-4-3-11(10-23)15(9-13)19(20,21)22;5-4-1-2-6-3-4/h3-9,26H,1-2H3;4-5H,1-3H2. The first kappa shape index (κ1) is 25.4. The summed E-state index contributed by atoms with van der Waals surface area (Å²) in [5, 5.41) is 27.0. The summed E-state index contributed by atoms with van der Waals surface area (Å²) in [5.41, 5.74) is -2.41. The zero-order chi connectivity index (χ0) is 25.3. The normalized spacial score (nSPS) is 19.6. The molecule has 2 heterocycles. The molecule has 0 bridgehead atoms. The molecule has 34 heavy (non-hydrogen) atoms. The number of nitrogens with zero attached hydrogens (tertiary/aromatic N) is 3. The molecule has 0 aliphatic carbocycles. The summed E-state index contributed by atoms with van der Waals surface area (Å²) in [7, 11) is 0. The van der Waals surface area contributed by atoms with Crippen LogP contribution in [0.2, 0.25) is 0 Å². The van der Waals surface area contributed by atoms with E-state index in [4.69, 9.17) is 27.3 Å². The number of hydrogen-bond donors (Lipinski definition) is 2. The molecule has 4 rings (SSSR count). The molecule has 2 fully saturated rings. The van der Waals surface area contributed by atoms with E-state index in [9.17, 15) is 23.1 Å². The average molecular weight is 494 g/mol. The molecule has 0 spiro atoms. The second-order valence-corrected chi connectivity index (χ2v) is 8.56. The van der Waals surface area contributed by atoms with Crippen LogP contribution in [0.3, 0.4) is 0 Å². The van der Waals surface area contributed by atoms with Gasteiger partial charge in [-0.1, -0.05) is 0 Å². The number of aliphatic hydroxyl groups excluding tert-OH is 1. The van der Waals surface area contributed by atoms with Gasteiger partial charge in [0.2, 0.25) is 0 Å². The number of phenols is 1. The fourth-order valence-electron chi connectivity index (χ4n) is 3.58. The van der Waals surface area contributed by atoms with Gasteiger partial charge in [0.05, 0.1) is 35.6 Å². The zero-order valence-corrected chi connectivity index (χ0v) is 19.2. The highest BCUT2D eigenvalue weighted by atomic mass is 32.1. The number of nitriles is 1. The Hall–Kier alpha value is -3.20. The predicted molar refractivity (Wildman–Crippen MR) is 122 cm³/mol. The number of amides is 1. The van der Waals surface area contributed by atoms with Crippen LogP contribution >= 0.6 is 12.2 Å². The lowest BCUT2D eigenvalue weighted by atomic mass is 10.0. The molecule has 2 N–H and O–H groups in total. The molecule has 1 atom stereocenters. The number of thiocarbonyl (C=S) groups is 1. The van der Waals surface area contributed by atoms with Gasteiger partial charge in [-0.15, -0.1) is 0 Å². The maximum Gasteiger partial charge on any atom is 0.417 e. The molecular formula is C23H22F3N3O4S. The number of carbonyl (C=O) groups excluding carboxylic acids is 1. The molecule has 2 aliphatic rings. The Morgan fingerprint density at radius 2 is 1.79 bits per heavy atom. The van der Waals surface area contributed by atoms with Crippen molar-refractivity contribution in [3.8, 4) is 11.8 Å². The summed E-state index contributed by atoms with van der Waals surface area (Å²) in [4.78, 5) is 15.5. The summed E-state index contributed by atoms with van der Waals surface area (Å²) in [6.07, 6.45) is -4.11. The maximum atomic E-state index is 13.3. The van der Waals surface area contributed by atoms with Crippen molar-refractivity contribution in [3.05, 3.63) is 53.6 Å². The summed E-state index contributed by atoms with van der Waals surface area (Å²) in [5.74, 6) is -0.486. The first-order chi connectivity index (χ1) is 15.9. The lowest BCUT2D eigenvalue weighted by molar-refractivity contribution is -0.137. The second-order valence-electron chi connectivity index (χ2n) is 8.19. The number of rotatable bonds is 2. The molecule has 0 radical (unpaired) electrons. The van der Waals surface area contributed by atoms with E-state index in [0.717, 1.165) is 30.1 Å². The maximum absolute atomic E-state index is 13.3. The number of aliphatic hydroxyl groups is 1. The van der Waals surface area contributed by atoms with Crippen molar-refractivity contribution >= 4 is 34.6 Å². The average Bonchev–Trinajstić information content (AvgIpc) is 3.31. The molecule has 11 heteroatoms. The van der Waals surface area contributed by atoms with Crippen molar-refractivity contribution in [1.29, 1.82) is 5.26 Å². The number of carbonyl (C=O) groups is 1. The van der Waals surface area contributed by atoms with E-state index in [1.165, 1.54) is 29.2 Å². The lowest BCUT2D eigenvalue weighted by Gasteiger charge is -2.29. The van der Waals surface area contributed by atoms with Gasteiger partial charge in [0.25, 0.3) is 5.91 Å². The number of anilines is 2. The van der Waals surface area contributed by atoms with E-state index in [1.54, 1.807) is 26.0 Å². The quantitative estimate of drug-likeness (QED) is 0.611. The van der Waals surface area contributed by atoms with Crippen LogP contribution < -0.4 is 9.80 Å². The van der Waals surface area contributed by atoms with Gasteiger partial charge >= 0.3 is 6.18 Å². The first-order valence-electron chi connectivity index (χ1n) is 10.2. The van der Waals surface area contributed by atoms with Gasteiger partial charge in [0.1, 0.15) is 11.3 Å². The molecule has 2 aromatic rings. The highest BCUT2D eigenvalue weighted by Gasteiger charge is 2.50. The minimum atomic E-state index is -4.75. The number of ether oxygens (including phenoxy) is 1. The van der Waals surface area contributed by atoms with Crippen molar-refractivity contribution < 1.29 is 32.9 Å². The Morgan fingerprint density at radius 3 is 2.26 bits per heavy atom. The van der Waals surface area contributed by atoms with E-state index >= 15 is 0 Å². The number of hydrogen-bond acceptors (Lipinski definition) is 6. The van der Waals surface area contributed by atoms with Crippen LogP contribution in [0, 0.1) is 11.3 Å². The molecule has 2 aromatic carbocycles. The third kappa shape index (κ3) is 4.99. The highest BCUT2D eigenvalue weighted by molar-refractivity contribution is 7.81. The van der Waals surface area contributed by atoms with Crippen LogP contribution in [0.4, 0.5) is 24.5 Å². The van der Waals surface area contributed by atoms with Gasteiger partial charge in [-0.2, -0.15) is 18.4 Å². The SMILES string of the molecule is CC1(C)C(=O)N(c2ccc(C#N)c(C(F)(F)F)c2)C(=S)N1c1ccc(O)cc1.OC1CCOC1. The Bertz CT molecular complexity index is 1120. The third-order valence-corrected chi connectivity index (χ3v) is 5.73. The smallest absolute Gasteiger partial charge is 0.417 e. The zero-order valence-electron chi connectivity index (χ0n) is 18.3. The van der Waals surface area contributed by atoms with Gasteiger partial charge in [-0.3, -0.25) is 9.69 Å². The fourth-order valence-corrected chi connectivity index (χ4v) is 4.11. The molecule has 7 nitrogen and oxygen atoms in total. The lowest BCUT2D eigenvalue weighted by Crippen LogP contribution is -2.44.